The number of imidazole rings is 3. The van der Waals surface area contributed by atoms with Crippen LogP contribution in [0.2, 0.25) is 15.1 Å². The predicted molar refractivity (Wildman–Crippen MR) is 585 cm³/mol. The first-order chi connectivity index (χ1) is 70.6. The fourth-order valence-corrected chi connectivity index (χ4v) is 22.4. The summed E-state index contributed by atoms with van der Waals surface area (Å²) in [6, 6.07) is 46.4. The lowest BCUT2D eigenvalue weighted by atomic mass is 10.0. The third-order valence-electron chi connectivity index (χ3n) is 27.2. The highest BCUT2D eigenvalue weighted by Crippen LogP contribution is 2.35. The van der Waals surface area contributed by atoms with Gasteiger partial charge in [-0.1, -0.05) is 46.9 Å². The van der Waals surface area contributed by atoms with Crippen LogP contribution in [-0.4, -0.2) is 232 Å². The van der Waals surface area contributed by atoms with Crippen molar-refractivity contribution in [2.24, 2.45) is 0 Å². The molecule has 0 spiro atoms. The van der Waals surface area contributed by atoms with E-state index in [-0.39, 0.29) is 33.9 Å². The SMILES string of the molecule is Cc1cn2cc(-c3cc(=O)n4cc(N5CCCN(C)CC5)ccc4n3)cc(Cl)c2n1.Cc1cn2cc(-c3cc(=O)n4cc(N5CCNCC5)ccc4n3)cc(Cl)c2n1.Cc1cn2cc(-c3cc(=O)n4cc(N5C[C@@H](C)N[C@@H](C)C5)ccc4n3)cc(Cl)c2n1.Cc1nc2ccc(-c3cc(=O)n4cc(N5CCC(N(C)C)CC5)ccc4n3)cc2s1.Cc1nc2ccc(-c3cc(=O)n4cc(OC5CCNCC5)ccc4n3)cc2s1. The predicted octanol–water partition coefficient (Wildman–Crippen LogP) is 15.9. The van der Waals surface area contributed by atoms with Gasteiger partial charge in [0.05, 0.1) is 120 Å². The molecule has 146 heavy (non-hydrogen) atoms. The number of aryl methyl sites for hydroxylation is 5. The minimum Gasteiger partial charge on any atom is -0.489 e. The summed E-state index contributed by atoms with van der Waals surface area (Å²) in [7, 11) is 6.44. The van der Waals surface area contributed by atoms with Crippen molar-refractivity contribution in [2.45, 2.75) is 105 Å². The smallest absolute Gasteiger partial charge is 0.258 e. The fourth-order valence-electron chi connectivity index (χ4n) is 19.9. The van der Waals surface area contributed by atoms with Gasteiger partial charge in [-0.05, 0) is 224 Å². The summed E-state index contributed by atoms with van der Waals surface area (Å²) in [5.41, 5.74) is 20.8. The first-order valence-corrected chi connectivity index (χ1v) is 51.9. The van der Waals surface area contributed by atoms with E-state index in [1.165, 1.54) is 0 Å². The Bertz CT molecular complexity index is 8720. The van der Waals surface area contributed by atoms with Crippen LogP contribution in [0.3, 0.4) is 0 Å². The van der Waals surface area contributed by atoms with Crippen molar-refractivity contribution >= 4 is 146 Å². The summed E-state index contributed by atoms with van der Waals surface area (Å²) in [5.74, 6) is 0.706. The summed E-state index contributed by atoms with van der Waals surface area (Å²) in [5, 5.41) is 13.8. The number of nitrogens with zero attached hydrogens (tertiary/aromatic N) is 24. The number of pyridine rings is 8. The van der Waals surface area contributed by atoms with Gasteiger partial charge in [-0.3, -0.25) is 46.0 Å². The minimum atomic E-state index is -0.119. The maximum Gasteiger partial charge on any atom is 0.258 e. The van der Waals surface area contributed by atoms with E-state index >= 15 is 0 Å². The zero-order valence-electron chi connectivity index (χ0n) is 82.6. The van der Waals surface area contributed by atoms with Gasteiger partial charge in [0, 0.05) is 210 Å². The molecular weight excluding hydrogens is 1940 g/mol. The molecule has 5 aliphatic rings. The Labute approximate surface area is 862 Å². The van der Waals surface area contributed by atoms with Crippen LogP contribution in [0.25, 0.3) is 122 Å². The van der Waals surface area contributed by atoms with Crippen LogP contribution in [-0.2, 0) is 0 Å². The van der Waals surface area contributed by atoms with Crippen molar-refractivity contribution in [3.63, 3.8) is 0 Å². The molecule has 2 atom stereocenters. The highest BCUT2D eigenvalue weighted by atomic mass is 35.5. The first kappa shape index (κ1) is 97.8. The maximum absolute atomic E-state index is 12.9. The summed E-state index contributed by atoms with van der Waals surface area (Å²) in [4.78, 5) is 124. The summed E-state index contributed by atoms with van der Waals surface area (Å²) in [6.07, 6.45) is 26.3. The van der Waals surface area contributed by atoms with Crippen molar-refractivity contribution in [1.82, 2.24) is 111 Å². The van der Waals surface area contributed by atoms with Crippen molar-refractivity contribution in [2.75, 3.05) is 132 Å². The topological polar surface area (TPSA) is 314 Å². The van der Waals surface area contributed by atoms with E-state index in [4.69, 9.17) is 54.5 Å². The highest BCUT2D eigenvalue weighted by Gasteiger charge is 2.27. The number of fused-ring (bicyclic) bond motifs is 10. The van der Waals surface area contributed by atoms with Crippen LogP contribution < -0.4 is 68.1 Å². The Kier molecular flexibility index (Phi) is 27.9. The van der Waals surface area contributed by atoms with Gasteiger partial charge in [-0.25, -0.2) is 49.8 Å². The summed E-state index contributed by atoms with van der Waals surface area (Å²) >= 11 is 22.5. The molecule has 33 nitrogen and oxygen atoms in total. The molecule has 0 aliphatic carbocycles. The third kappa shape index (κ3) is 21.3. The van der Waals surface area contributed by atoms with Crippen molar-refractivity contribution < 1.29 is 4.74 Å². The van der Waals surface area contributed by atoms with Gasteiger partial charge in [0.1, 0.15) is 40.1 Å². The first-order valence-electron chi connectivity index (χ1n) is 49.1. The van der Waals surface area contributed by atoms with E-state index in [9.17, 15) is 24.0 Å². The Hall–Kier alpha value is -14.2. The zero-order chi connectivity index (χ0) is 101. The molecule has 23 heterocycles. The van der Waals surface area contributed by atoms with Gasteiger partial charge < -0.3 is 63.3 Å². The van der Waals surface area contributed by atoms with Gasteiger partial charge in [0.25, 0.3) is 27.8 Å². The zero-order valence-corrected chi connectivity index (χ0v) is 86.5. The van der Waals surface area contributed by atoms with Crippen molar-refractivity contribution in [1.29, 1.82) is 0 Å². The number of hydrogen-bond donors (Lipinski definition) is 3. The number of thiazole rings is 2. The van der Waals surface area contributed by atoms with Crippen LogP contribution in [0.5, 0.6) is 5.75 Å². The summed E-state index contributed by atoms with van der Waals surface area (Å²) in [6.45, 7) is 27.6. The number of likely N-dealkylation sites (N-methyl/N-ethyl adjacent to an activating group) is 1. The summed E-state index contributed by atoms with van der Waals surface area (Å²) < 4.78 is 21.9. The molecule has 0 saturated carbocycles. The molecule has 5 aliphatic heterocycles. The van der Waals surface area contributed by atoms with E-state index in [0.29, 0.717) is 113 Å². The number of halogens is 3. The van der Waals surface area contributed by atoms with Crippen LogP contribution in [0.1, 0.15) is 73.0 Å². The Morgan fingerprint density at radius 2 is 0.719 bits per heavy atom. The quantitative estimate of drug-likeness (QED) is 0.102. The fraction of sp³-hybridized carbons (Fsp3) is 0.306. The number of aromatic nitrogens is 18. The molecule has 3 N–H and O–H groups in total. The second-order valence-corrected chi connectivity index (χ2v) is 42.0. The minimum absolute atomic E-state index is 0.0550. The van der Waals surface area contributed by atoms with Gasteiger partial charge >= 0.3 is 0 Å². The van der Waals surface area contributed by atoms with Gasteiger partial charge in [-0.15, -0.1) is 22.7 Å². The maximum atomic E-state index is 12.9. The molecule has 5 saturated heterocycles. The Morgan fingerprint density at radius 1 is 0.356 bits per heavy atom. The van der Waals surface area contributed by atoms with E-state index in [1.807, 2.05) is 201 Å². The lowest BCUT2D eigenvalue weighted by Crippen LogP contribution is -2.54. The van der Waals surface area contributed by atoms with Crippen molar-refractivity contribution in [3.05, 3.63) is 308 Å². The van der Waals surface area contributed by atoms with Crippen LogP contribution in [0, 0.1) is 34.6 Å². The van der Waals surface area contributed by atoms with Gasteiger partial charge in [0.2, 0.25) is 0 Å². The molecule has 18 aromatic heterocycles. The lowest BCUT2D eigenvalue weighted by molar-refractivity contribution is 0.162. The molecule has 0 unspecified atom stereocenters. The number of anilines is 4. The molecule has 746 valence electrons. The van der Waals surface area contributed by atoms with Crippen LogP contribution in [0.4, 0.5) is 22.7 Å². The largest absolute Gasteiger partial charge is 0.489 e. The van der Waals surface area contributed by atoms with Gasteiger partial charge in [0.15, 0.2) is 16.9 Å². The second-order valence-electron chi connectivity index (χ2n) is 38.4. The number of benzene rings is 2. The van der Waals surface area contributed by atoms with E-state index < -0.39 is 0 Å². The van der Waals surface area contributed by atoms with Crippen LogP contribution in [0.15, 0.2) is 238 Å². The molecule has 5 fully saturated rings. The molecule has 0 amide bonds. The normalized spacial score (nSPS) is 16.3. The molecule has 2 aromatic carbocycles. The van der Waals surface area contributed by atoms with E-state index in [1.54, 1.807) is 93.3 Å². The average Bonchev–Trinajstić information content (AvgIpc) is 1.31. The molecule has 0 radical (unpaired) electrons. The molecule has 38 heteroatoms. The third-order valence-corrected chi connectivity index (χ3v) is 29.9. The second kappa shape index (κ2) is 41.7. The molecule has 0 bridgehead atoms. The number of ether oxygens (including phenoxy) is 1. The number of nitrogens with one attached hydrogen (secondary N) is 3. The van der Waals surface area contributed by atoms with Gasteiger partial charge in [-0.2, -0.15) is 0 Å². The Balaban J connectivity index is 0.000000107. The van der Waals surface area contributed by atoms with Crippen molar-refractivity contribution in [3.8, 4) is 62.0 Å². The lowest BCUT2D eigenvalue weighted by Gasteiger charge is -2.37. The standard InChI is InChI=1S/C23H25N5OS.2C22H23ClN6O.C21H20N4O2S.C20H19ClN6O/c1-15-24-19-6-4-16(12-21(19)30-15)20-13-23(29)28-14-18(5-7-22(28)25-20)27-10-8-17(9-11-27)26(2)3;1-13-8-27(9-14(2)24-13)17-4-5-20-26-19(7-21(30)29(20)12-17)16-6-18(23)22-25-15(3)10-28(22)11-16;1-15-12-28-13-16(10-18(23)22(28)24-15)19-11-21(30)29-14-17(4-5-20(29)25-19)27-7-3-6-26(2)8-9-27;1-13-23-17-4-2-14(10-19(17)28-13)18-11-21(26)25-12-16(3-5-20(25)24-18)27-15-6-8-22-9-7-15;1-13-10-26-11-14(8-16(21)20(26)23-13)17-9-19(28)27-12-15(2-3-18(27)24-17)25-6-4-22-5-7-25/h4-7,12-14,17H,8-11H2,1-3H3;4-7,10-14,24H,8-9H2,1-3H3;4-5,10-14H,3,6-9H2,1-2H3;2-5,10-12,15,22H,6-9H2,1H3;2-3,8-12,22H,4-7H2,1H3/t;13-,14+;;;. The molecular formula is C108H110Cl3N27O6S2. The monoisotopic (exact) mass is 2050 g/mol. The van der Waals surface area contributed by atoms with E-state index in [2.05, 4.69) is 127 Å². The number of piperazine rings is 2. The molecule has 20 aromatic rings. The number of piperidine rings is 2. The molecule has 25 rings (SSSR count). The van der Waals surface area contributed by atoms with Crippen LogP contribution >= 0.6 is 57.5 Å². The Morgan fingerprint density at radius 3 is 1.12 bits per heavy atom. The van der Waals surface area contributed by atoms with E-state index in [0.717, 1.165) is 222 Å². The average molecular weight is 2050 g/mol. The number of rotatable bonds is 12. The number of hydrogen-bond acceptors (Lipinski definition) is 27. The highest BCUT2D eigenvalue weighted by molar-refractivity contribution is 7.18.